The largest absolute Gasteiger partial charge is 0.394 e. The van der Waals surface area contributed by atoms with E-state index < -0.39 is 11.2 Å². The van der Waals surface area contributed by atoms with Gasteiger partial charge in [-0.3, -0.25) is 15.0 Å². The summed E-state index contributed by atoms with van der Waals surface area (Å²) in [5.74, 6) is -0.115. The van der Waals surface area contributed by atoms with E-state index >= 15 is 0 Å². The van der Waals surface area contributed by atoms with Gasteiger partial charge in [-0.2, -0.15) is 0 Å². The van der Waals surface area contributed by atoms with E-state index in [1.807, 2.05) is 26.0 Å². The summed E-state index contributed by atoms with van der Waals surface area (Å²) in [7, 11) is 0. The molecule has 1 aliphatic heterocycles. The van der Waals surface area contributed by atoms with Crippen molar-refractivity contribution in [3.63, 3.8) is 0 Å². The van der Waals surface area contributed by atoms with Gasteiger partial charge in [0.15, 0.2) is 0 Å². The normalized spacial score (nSPS) is 27.5. The maximum absolute atomic E-state index is 12.4. The van der Waals surface area contributed by atoms with E-state index in [9.17, 15) is 9.90 Å². The summed E-state index contributed by atoms with van der Waals surface area (Å²) < 4.78 is 0. The molecule has 1 amide bonds. The maximum Gasteiger partial charge on any atom is 0.250 e. The second kappa shape index (κ2) is 3.82. The molecule has 1 fully saturated rings. The lowest BCUT2D eigenvalue weighted by Crippen LogP contribution is -2.51. The molecule has 1 aromatic carbocycles. The number of benzene rings is 1. The van der Waals surface area contributed by atoms with Crippen molar-refractivity contribution in [3.8, 4) is 0 Å². The summed E-state index contributed by atoms with van der Waals surface area (Å²) in [6.45, 7) is 5.34. The van der Waals surface area contributed by atoms with Crippen molar-refractivity contribution in [3.05, 3.63) is 30.3 Å². The zero-order chi connectivity index (χ0) is 12.7. The minimum Gasteiger partial charge on any atom is -0.394 e. The monoisotopic (exact) mass is 233 g/mol. The quantitative estimate of drug-likeness (QED) is 0.798. The first-order valence-electron chi connectivity index (χ1n) is 5.62. The number of aliphatic hydroxyl groups is 1. The zero-order valence-corrected chi connectivity index (χ0v) is 10.3. The Kier molecular flexibility index (Phi) is 2.72. The Balaban J connectivity index is 2.44. The average Bonchev–Trinajstić information content (AvgIpc) is 2.47. The molecule has 17 heavy (non-hydrogen) atoms. The highest BCUT2D eigenvalue weighted by Crippen LogP contribution is 2.32. The molecule has 1 heterocycles. The fourth-order valence-corrected chi connectivity index (χ4v) is 2.36. The molecule has 0 aromatic heterocycles. The number of hydrogen-bond acceptors (Lipinski definition) is 3. The first kappa shape index (κ1) is 12.1. The Morgan fingerprint density at radius 3 is 2.41 bits per heavy atom. The molecule has 0 spiro atoms. The standard InChI is InChI=1S/C13H17N2O2/c1-12(2)14-13(3,9-16)11(17)15(12)10-7-5-4-6-8-10/h5-8,14,16H,9H2,1-3H3. The molecular weight excluding hydrogens is 216 g/mol. The third kappa shape index (κ3) is 1.83. The van der Waals surface area contributed by atoms with E-state index in [4.69, 9.17) is 0 Å². The summed E-state index contributed by atoms with van der Waals surface area (Å²) in [6.07, 6.45) is 0. The number of aliphatic hydroxyl groups excluding tert-OH is 1. The first-order chi connectivity index (χ1) is 7.91. The summed E-state index contributed by atoms with van der Waals surface area (Å²) in [6, 6.07) is 10.1. The maximum atomic E-state index is 12.4. The Labute approximate surface area is 101 Å². The second-order valence-electron chi connectivity index (χ2n) is 5.07. The van der Waals surface area contributed by atoms with E-state index in [0.717, 1.165) is 5.69 Å². The zero-order valence-electron chi connectivity index (χ0n) is 10.3. The molecule has 1 aromatic rings. The molecule has 4 heteroatoms. The van der Waals surface area contributed by atoms with E-state index in [1.165, 1.54) is 0 Å². The van der Waals surface area contributed by atoms with Crippen molar-refractivity contribution in [2.75, 3.05) is 11.5 Å². The Morgan fingerprint density at radius 1 is 1.35 bits per heavy atom. The van der Waals surface area contributed by atoms with Crippen LogP contribution in [-0.2, 0) is 4.79 Å². The predicted octanol–water partition coefficient (Wildman–Crippen LogP) is 0.910. The molecule has 1 aliphatic rings. The smallest absolute Gasteiger partial charge is 0.250 e. The number of hydrogen-bond donors (Lipinski definition) is 2. The number of anilines is 1. The molecule has 1 radical (unpaired) electrons. The van der Waals surface area contributed by atoms with Crippen LogP contribution in [0, 0.1) is 6.07 Å². The van der Waals surface area contributed by atoms with Crippen LogP contribution in [0.1, 0.15) is 20.8 Å². The summed E-state index contributed by atoms with van der Waals surface area (Å²) in [4.78, 5) is 14.0. The highest BCUT2D eigenvalue weighted by Gasteiger charge is 2.52. The molecule has 2 N–H and O–H groups in total. The van der Waals surface area contributed by atoms with Gasteiger partial charge in [0.2, 0.25) is 0 Å². The number of rotatable bonds is 2. The fraction of sp³-hybridized carbons (Fsp3) is 0.462. The van der Waals surface area contributed by atoms with Gasteiger partial charge in [0, 0.05) is 5.69 Å². The van der Waals surface area contributed by atoms with Gasteiger partial charge in [0.05, 0.1) is 12.3 Å². The molecule has 1 unspecified atom stereocenters. The molecular formula is C13H17N2O2. The molecule has 1 atom stereocenters. The van der Waals surface area contributed by atoms with Crippen LogP contribution in [0.2, 0.25) is 0 Å². The van der Waals surface area contributed by atoms with Crippen molar-refractivity contribution in [1.29, 1.82) is 0 Å². The van der Waals surface area contributed by atoms with Crippen molar-refractivity contribution >= 4 is 11.6 Å². The molecule has 0 bridgehead atoms. The lowest BCUT2D eigenvalue weighted by molar-refractivity contribution is -0.122. The van der Waals surface area contributed by atoms with Crippen molar-refractivity contribution in [2.24, 2.45) is 0 Å². The van der Waals surface area contributed by atoms with Crippen LogP contribution in [0.15, 0.2) is 24.3 Å². The van der Waals surface area contributed by atoms with E-state index in [2.05, 4.69) is 11.4 Å². The van der Waals surface area contributed by atoms with Gasteiger partial charge in [-0.25, -0.2) is 0 Å². The Hall–Kier alpha value is -1.39. The van der Waals surface area contributed by atoms with Crippen LogP contribution in [0.4, 0.5) is 5.69 Å². The molecule has 4 nitrogen and oxygen atoms in total. The van der Waals surface area contributed by atoms with Crippen molar-refractivity contribution in [1.82, 2.24) is 5.32 Å². The molecule has 2 rings (SSSR count). The minimum atomic E-state index is -0.914. The van der Waals surface area contributed by atoms with Gasteiger partial charge in [0.25, 0.3) is 5.91 Å². The predicted molar refractivity (Wildman–Crippen MR) is 65.5 cm³/mol. The average molecular weight is 233 g/mol. The topological polar surface area (TPSA) is 52.6 Å². The van der Waals surface area contributed by atoms with Gasteiger partial charge in [0.1, 0.15) is 5.54 Å². The SMILES string of the molecule is CC1(CO)NC(C)(C)N(c2cc[c]cc2)C1=O. The van der Waals surface area contributed by atoms with Crippen LogP contribution >= 0.6 is 0 Å². The van der Waals surface area contributed by atoms with Crippen LogP contribution in [0.5, 0.6) is 0 Å². The van der Waals surface area contributed by atoms with Crippen LogP contribution in [-0.4, -0.2) is 28.8 Å². The van der Waals surface area contributed by atoms with Gasteiger partial charge in [-0.1, -0.05) is 12.1 Å². The second-order valence-corrected chi connectivity index (χ2v) is 5.07. The molecule has 0 saturated carbocycles. The number of amides is 1. The molecule has 0 aliphatic carbocycles. The third-order valence-corrected chi connectivity index (χ3v) is 3.09. The van der Waals surface area contributed by atoms with E-state index in [-0.39, 0.29) is 12.5 Å². The lowest BCUT2D eigenvalue weighted by Gasteiger charge is -2.31. The number of nitrogens with zero attached hydrogens (tertiary/aromatic N) is 1. The van der Waals surface area contributed by atoms with Crippen LogP contribution in [0.25, 0.3) is 0 Å². The van der Waals surface area contributed by atoms with Gasteiger partial charge in [-0.15, -0.1) is 0 Å². The minimum absolute atomic E-state index is 0.115. The Morgan fingerprint density at radius 2 is 1.94 bits per heavy atom. The summed E-state index contributed by atoms with van der Waals surface area (Å²) in [5, 5.41) is 12.5. The van der Waals surface area contributed by atoms with E-state index in [0.29, 0.717) is 0 Å². The highest BCUT2D eigenvalue weighted by atomic mass is 16.3. The number of carbonyl (C=O) groups is 1. The number of nitrogens with one attached hydrogen (secondary N) is 1. The van der Waals surface area contributed by atoms with Gasteiger partial charge in [-0.05, 0) is 39.0 Å². The van der Waals surface area contributed by atoms with Gasteiger partial charge < -0.3 is 5.11 Å². The highest BCUT2D eigenvalue weighted by molar-refractivity contribution is 6.03. The lowest BCUT2D eigenvalue weighted by atomic mass is 10.0. The molecule has 91 valence electrons. The van der Waals surface area contributed by atoms with Gasteiger partial charge >= 0.3 is 0 Å². The summed E-state index contributed by atoms with van der Waals surface area (Å²) in [5.41, 5.74) is -0.623. The summed E-state index contributed by atoms with van der Waals surface area (Å²) >= 11 is 0. The fourth-order valence-electron chi connectivity index (χ4n) is 2.36. The Bertz CT molecular complexity index is 430. The number of carbonyl (C=O) groups excluding carboxylic acids is 1. The van der Waals surface area contributed by atoms with E-state index in [1.54, 1.807) is 24.0 Å². The first-order valence-corrected chi connectivity index (χ1v) is 5.62. The van der Waals surface area contributed by atoms with Crippen molar-refractivity contribution in [2.45, 2.75) is 32.0 Å². The third-order valence-electron chi connectivity index (χ3n) is 3.09. The van der Waals surface area contributed by atoms with Crippen LogP contribution < -0.4 is 10.2 Å². The molecule has 1 saturated heterocycles. The van der Waals surface area contributed by atoms with Crippen molar-refractivity contribution < 1.29 is 9.90 Å². The van der Waals surface area contributed by atoms with Crippen LogP contribution in [0.3, 0.4) is 0 Å².